The summed E-state index contributed by atoms with van der Waals surface area (Å²) in [4.78, 5) is 17.0. The monoisotopic (exact) mass is 437 g/mol. The number of rotatable bonds is 3. The van der Waals surface area contributed by atoms with Crippen molar-refractivity contribution < 1.29 is 4.79 Å². The molecule has 1 N–H and O–H groups in total. The third-order valence-electron chi connectivity index (χ3n) is 4.94. The van der Waals surface area contributed by atoms with Gasteiger partial charge >= 0.3 is 0 Å². The van der Waals surface area contributed by atoms with E-state index in [1.54, 1.807) is 0 Å². The number of hydrogen-bond acceptors (Lipinski definition) is 3. The third kappa shape index (κ3) is 5.09. The van der Waals surface area contributed by atoms with Crippen molar-refractivity contribution in [2.24, 2.45) is 5.92 Å². The Labute approximate surface area is 165 Å². The summed E-state index contributed by atoms with van der Waals surface area (Å²) in [5.74, 6) is 0.552. The van der Waals surface area contributed by atoms with Crippen molar-refractivity contribution in [3.63, 3.8) is 0 Å². The molecule has 0 saturated carbocycles. The second-order valence-corrected chi connectivity index (χ2v) is 7.19. The van der Waals surface area contributed by atoms with Crippen molar-refractivity contribution in [1.29, 1.82) is 0 Å². The van der Waals surface area contributed by atoms with Crippen molar-refractivity contribution >= 4 is 46.7 Å². The lowest BCUT2D eigenvalue weighted by molar-refractivity contribution is -0.137. The summed E-state index contributed by atoms with van der Waals surface area (Å²) in [6, 6.07) is 8.95. The predicted molar refractivity (Wildman–Crippen MR) is 106 cm³/mol. The second-order valence-electron chi connectivity index (χ2n) is 6.28. The van der Waals surface area contributed by atoms with Crippen LogP contribution in [0.3, 0.4) is 0 Å². The summed E-state index contributed by atoms with van der Waals surface area (Å²) in [7, 11) is 0. The zero-order chi connectivity index (χ0) is 15.5. The van der Waals surface area contributed by atoms with Crippen LogP contribution in [0.1, 0.15) is 24.9 Å². The summed E-state index contributed by atoms with van der Waals surface area (Å²) in [6.07, 6.45) is 0.994. The Kier molecular flexibility index (Phi) is 9.02. The van der Waals surface area contributed by atoms with Crippen LogP contribution in [0, 0.1) is 5.92 Å². The van der Waals surface area contributed by atoms with Crippen molar-refractivity contribution in [2.75, 3.05) is 39.3 Å². The highest BCUT2D eigenvalue weighted by Gasteiger charge is 2.30. The molecule has 1 aromatic rings. The molecule has 2 heterocycles. The smallest absolute Gasteiger partial charge is 0.227 e. The van der Waals surface area contributed by atoms with E-state index >= 15 is 0 Å². The van der Waals surface area contributed by atoms with Gasteiger partial charge in [0.2, 0.25) is 5.91 Å². The van der Waals surface area contributed by atoms with Gasteiger partial charge in [0.05, 0.1) is 5.92 Å². The molecule has 0 aromatic heterocycles. The number of halogens is 3. The van der Waals surface area contributed by atoms with E-state index < -0.39 is 0 Å². The van der Waals surface area contributed by atoms with Crippen molar-refractivity contribution in [3.05, 3.63) is 34.3 Å². The number of carbonyl (C=O) groups is 1. The molecular formula is C17H26BrCl2N3O. The van der Waals surface area contributed by atoms with Gasteiger partial charge in [-0.2, -0.15) is 0 Å². The van der Waals surface area contributed by atoms with Gasteiger partial charge in [-0.1, -0.05) is 28.1 Å². The first-order valence-corrected chi connectivity index (χ1v) is 8.93. The molecule has 2 aliphatic rings. The van der Waals surface area contributed by atoms with E-state index in [-0.39, 0.29) is 30.7 Å². The average Bonchev–Trinajstić information content (AvgIpc) is 3.09. The highest BCUT2D eigenvalue weighted by Crippen LogP contribution is 2.24. The van der Waals surface area contributed by atoms with Crippen molar-refractivity contribution in [1.82, 2.24) is 15.1 Å². The number of benzene rings is 1. The largest absolute Gasteiger partial charge is 0.340 e. The Bertz CT molecular complexity index is 515. The zero-order valence-electron chi connectivity index (χ0n) is 13.9. The van der Waals surface area contributed by atoms with Gasteiger partial charge in [-0.05, 0) is 37.6 Å². The molecule has 2 unspecified atom stereocenters. The fourth-order valence-electron chi connectivity index (χ4n) is 3.41. The van der Waals surface area contributed by atoms with Gasteiger partial charge in [-0.3, -0.25) is 9.69 Å². The molecular weight excluding hydrogens is 413 g/mol. The van der Waals surface area contributed by atoms with Gasteiger partial charge in [0.25, 0.3) is 0 Å². The first-order valence-electron chi connectivity index (χ1n) is 8.14. The minimum Gasteiger partial charge on any atom is -0.340 e. The molecule has 0 radical (unpaired) electrons. The summed E-state index contributed by atoms with van der Waals surface area (Å²) in [6.45, 7) is 7.73. The summed E-state index contributed by atoms with van der Waals surface area (Å²) in [5.41, 5.74) is 1.34. The van der Waals surface area contributed by atoms with Crippen LogP contribution in [0.5, 0.6) is 0 Å². The van der Waals surface area contributed by atoms with Gasteiger partial charge in [0.15, 0.2) is 0 Å². The molecule has 1 amide bonds. The molecule has 2 saturated heterocycles. The highest BCUT2D eigenvalue weighted by atomic mass is 79.9. The van der Waals surface area contributed by atoms with Crippen LogP contribution in [0.4, 0.5) is 0 Å². The maximum Gasteiger partial charge on any atom is 0.227 e. The maximum atomic E-state index is 12.4. The highest BCUT2D eigenvalue weighted by molar-refractivity contribution is 9.10. The minimum absolute atomic E-state index is 0. The van der Waals surface area contributed by atoms with Crippen LogP contribution in [0.15, 0.2) is 28.7 Å². The number of nitrogens with zero attached hydrogens (tertiary/aromatic N) is 2. The summed E-state index contributed by atoms with van der Waals surface area (Å²) >= 11 is 3.48. The van der Waals surface area contributed by atoms with Gasteiger partial charge in [0, 0.05) is 43.2 Å². The number of amides is 1. The van der Waals surface area contributed by atoms with Crippen LogP contribution in [-0.4, -0.2) is 55.0 Å². The summed E-state index contributed by atoms with van der Waals surface area (Å²) < 4.78 is 1.11. The average molecular weight is 439 g/mol. The molecule has 2 aliphatic heterocycles. The molecule has 2 atom stereocenters. The van der Waals surface area contributed by atoms with E-state index in [1.807, 2.05) is 0 Å². The van der Waals surface area contributed by atoms with E-state index in [0.29, 0.717) is 11.9 Å². The normalized spacial score (nSPS) is 22.4. The quantitative estimate of drug-likeness (QED) is 0.787. The van der Waals surface area contributed by atoms with Gasteiger partial charge < -0.3 is 10.2 Å². The number of hydrogen-bond donors (Lipinski definition) is 1. The topological polar surface area (TPSA) is 35.6 Å². The molecule has 24 heavy (non-hydrogen) atoms. The molecule has 0 spiro atoms. The van der Waals surface area contributed by atoms with Crippen LogP contribution < -0.4 is 5.32 Å². The van der Waals surface area contributed by atoms with E-state index in [9.17, 15) is 4.79 Å². The van der Waals surface area contributed by atoms with Crippen LogP contribution >= 0.6 is 40.7 Å². The molecule has 136 valence electrons. The Morgan fingerprint density at radius 3 is 2.33 bits per heavy atom. The fourth-order valence-corrected chi connectivity index (χ4v) is 3.67. The Hall–Kier alpha value is -0.330. The van der Waals surface area contributed by atoms with E-state index in [2.05, 4.69) is 62.2 Å². The molecule has 7 heteroatoms. The molecule has 2 fully saturated rings. The van der Waals surface area contributed by atoms with Crippen molar-refractivity contribution in [3.8, 4) is 0 Å². The van der Waals surface area contributed by atoms with E-state index in [1.165, 1.54) is 5.56 Å². The van der Waals surface area contributed by atoms with Crippen LogP contribution in [-0.2, 0) is 4.79 Å². The standard InChI is InChI=1S/C17H24BrN3O.2ClH/c1-13(14-2-4-16(18)5-3-14)20-8-10-21(11-9-20)17(22)15-6-7-19-12-15;;/h2-5,13,15,19H,6-12H2,1H3;2*1H. The van der Waals surface area contributed by atoms with Crippen LogP contribution in [0.2, 0.25) is 0 Å². The van der Waals surface area contributed by atoms with E-state index in [0.717, 1.165) is 50.2 Å². The third-order valence-corrected chi connectivity index (χ3v) is 5.46. The Morgan fingerprint density at radius 2 is 1.79 bits per heavy atom. The number of nitrogens with one attached hydrogen (secondary N) is 1. The van der Waals surface area contributed by atoms with Gasteiger partial charge in [-0.15, -0.1) is 24.8 Å². The predicted octanol–water partition coefficient (Wildman–Crippen LogP) is 3.11. The first-order chi connectivity index (χ1) is 10.6. The maximum absolute atomic E-state index is 12.4. The zero-order valence-corrected chi connectivity index (χ0v) is 17.1. The molecule has 4 nitrogen and oxygen atoms in total. The summed E-state index contributed by atoms with van der Waals surface area (Å²) in [5, 5.41) is 3.28. The molecule has 0 aliphatic carbocycles. The molecule has 1 aromatic carbocycles. The van der Waals surface area contributed by atoms with Gasteiger partial charge in [0.1, 0.15) is 0 Å². The fraction of sp³-hybridized carbons (Fsp3) is 0.588. The SMILES string of the molecule is CC(c1ccc(Br)cc1)N1CCN(C(=O)C2CCNC2)CC1.Cl.Cl. The first kappa shape index (κ1) is 21.7. The van der Waals surface area contributed by atoms with Crippen LogP contribution in [0.25, 0.3) is 0 Å². The lowest BCUT2D eigenvalue weighted by Gasteiger charge is -2.39. The Balaban J connectivity index is 0.00000144. The lowest BCUT2D eigenvalue weighted by atomic mass is 10.0. The number of piperazine rings is 1. The molecule has 0 bridgehead atoms. The second kappa shape index (κ2) is 9.97. The lowest BCUT2D eigenvalue weighted by Crippen LogP contribution is -2.51. The number of carbonyl (C=O) groups excluding carboxylic acids is 1. The Morgan fingerprint density at radius 1 is 1.17 bits per heavy atom. The van der Waals surface area contributed by atoms with E-state index in [4.69, 9.17) is 0 Å². The van der Waals surface area contributed by atoms with Crippen molar-refractivity contribution in [2.45, 2.75) is 19.4 Å². The van der Waals surface area contributed by atoms with Gasteiger partial charge in [-0.25, -0.2) is 0 Å². The molecule has 3 rings (SSSR count). The minimum atomic E-state index is 0.